The minimum atomic E-state index is -4.46. The number of nitrogens with one attached hydrogen (secondary N) is 1. The van der Waals surface area contributed by atoms with Gasteiger partial charge in [-0.2, -0.15) is 13.2 Å². The highest BCUT2D eigenvalue weighted by Crippen LogP contribution is 2.38. The van der Waals surface area contributed by atoms with Gasteiger partial charge < -0.3 is 4.74 Å². The lowest BCUT2D eigenvalue weighted by Gasteiger charge is -2.14. The summed E-state index contributed by atoms with van der Waals surface area (Å²) in [5, 5.41) is 11.5. The third-order valence-corrected chi connectivity index (χ3v) is 3.47. The molecule has 0 atom stereocenters. The van der Waals surface area contributed by atoms with Gasteiger partial charge in [0.25, 0.3) is 5.91 Å². The molecular weight excluding hydrogens is 393 g/mol. The van der Waals surface area contributed by atoms with Crippen LogP contribution in [0.3, 0.4) is 0 Å². The molecule has 0 aliphatic rings. The second kappa shape index (κ2) is 7.40. The van der Waals surface area contributed by atoms with Crippen LogP contribution >= 0.6 is 23.2 Å². The van der Waals surface area contributed by atoms with Crippen molar-refractivity contribution in [2.45, 2.75) is 12.6 Å². The first-order valence-electron chi connectivity index (χ1n) is 6.51. The molecule has 0 aliphatic heterocycles. The summed E-state index contributed by atoms with van der Waals surface area (Å²) in [4.78, 5) is 12.2. The van der Waals surface area contributed by atoms with Crippen molar-refractivity contribution >= 4 is 35.1 Å². The summed E-state index contributed by atoms with van der Waals surface area (Å²) in [6.07, 6.45) is -5.74. The lowest BCUT2D eigenvalue weighted by atomic mass is 10.2. The van der Waals surface area contributed by atoms with Crippen LogP contribution in [0.25, 0.3) is 0 Å². The average molecular weight is 402 g/mol. The minimum absolute atomic E-state index is 0.102. The number of hydrogen-bond donors (Lipinski definition) is 1. The number of ether oxygens (including phenoxy) is 1. The second-order valence-electron chi connectivity index (χ2n) is 4.65. The van der Waals surface area contributed by atoms with Crippen LogP contribution in [0.4, 0.5) is 23.5 Å². The topological polar surface area (TPSA) is 81.9 Å². The average Bonchev–Trinajstić information content (AvgIpc) is 2.86. The standard InChI is InChI=1S/C12H9Cl2F4N5O2/c1-23-11(20-21-22-23)19-10(24)7-6(15)4-5(13)9(8(7)14)25-3-2-12(16,17)18/h4H,2-3H2,1H3,(H,19,20,22,24). The van der Waals surface area contributed by atoms with Crippen LogP contribution in [-0.4, -0.2) is 38.9 Å². The molecule has 1 aromatic carbocycles. The minimum Gasteiger partial charge on any atom is -0.490 e. The van der Waals surface area contributed by atoms with Crippen molar-refractivity contribution in [2.75, 3.05) is 11.9 Å². The molecule has 136 valence electrons. The molecule has 2 rings (SSSR count). The van der Waals surface area contributed by atoms with E-state index in [2.05, 4.69) is 20.8 Å². The van der Waals surface area contributed by atoms with E-state index in [4.69, 9.17) is 27.9 Å². The van der Waals surface area contributed by atoms with Crippen LogP contribution in [0.15, 0.2) is 6.07 Å². The Morgan fingerprint density at radius 2 is 2.08 bits per heavy atom. The molecule has 13 heteroatoms. The van der Waals surface area contributed by atoms with E-state index in [0.29, 0.717) is 6.07 Å². The Bertz CT molecular complexity index is 797. The summed E-state index contributed by atoms with van der Waals surface area (Å²) in [5.41, 5.74) is -0.670. The van der Waals surface area contributed by atoms with Crippen molar-refractivity contribution in [1.82, 2.24) is 20.2 Å². The quantitative estimate of drug-likeness (QED) is 0.777. The lowest BCUT2D eigenvalue weighted by molar-refractivity contribution is -0.139. The van der Waals surface area contributed by atoms with E-state index < -0.39 is 47.3 Å². The number of amides is 1. The van der Waals surface area contributed by atoms with E-state index in [1.807, 2.05) is 0 Å². The van der Waals surface area contributed by atoms with Crippen molar-refractivity contribution in [3.63, 3.8) is 0 Å². The van der Waals surface area contributed by atoms with Gasteiger partial charge in [0.2, 0.25) is 5.95 Å². The predicted octanol–water partition coefficient (Wildman–Crippen LogP) is 3.24. The molecule has 1 N–H and O–H groups in total. The second-order valence-corrected chi connectivity index (χ2v) is 5.44. The van der Waals surface area contributed by atoms with Gasteiger partial charge in [0.15, 0.2) is 5.75 Å². The zero-order valence-electron chi connectivity index (χ0n) is 12.4. The number of tetrazole rings is 1. The van der Waals surface area contributed by atoms with Crippen LogP contribution in [0.1, 0.15) is 16.8 Å². The number of anilines is 1. The van der Waals surface area contributed by atoms with Crippen LogP contribution in [0.2, 0.25) is 10.0 Å². The lowest BCUT2D eigenvalue weighted by Crippen LogP contribution is -2.18. The Labute approximate surface area is 147 Å². The first-order valence-corrected chi connectivity index (χ1v) is 7.26. The number of rotatable bonds is 5. The van der Waals surface area contributed by atoms with Crippen LogP contribution in [-0.2, 0) is 7.05 Å². The molecule has 1 aromatic heterocycles. The third-order valence-electron chi connectivity index (χ3n) is 2.83. The molecule has 0 unspecified atom stereocenters. The normalized spacial score (nSPS) is 11.5. The molecule has 1 amide bonds. The third kappa shape index (κ3) is 4.69. The Balaban J connectivity index is 2.27. The predicted molar refractivity (Wildman–Crippen MR) is 79.3 cm³/mol. The SMILES string of the molecule is Cn1nnnc1NC(=O)c1c(F)cc(Cl)c(OCCC(F)(F)F)c1Cl. The zero-order chi connectivity index (χ0) is 18.8. The van der Waals surface area contributed by atoms with E-state index >= 15 is 0 Å². The highest BCUT2D eigenvalue weighted by atomic mass is 35.5. The number of aromatic nitrogens is 4. The molecule has 0 fully saturated rings. The number of halogens is 6. The summed E-state index contributed by atoms with van der Waals surface area (Å²) in [5.74, 6) is -2.66. The summed E-state index contributed by atoms with van der Waals surface area (Å²) in [7, 11) is 1.42. The number of alkyl halides is 3. The highest BCUT2D eigenvalue weighted by Gasteiger charge is 2.28. The molecule has 1 heterocycles. The van der Waals surface area contributed by atoms with Crippen molar-refractivity contribution < 1.29 is 27.1 Å². The summed E-state index contributed by atoms with van der Waals surface area (Å²) in [6, 6.07) is 0.709. The maximum absolute atomic E-state index is 14.1. The largest absolute Gasteiger partial charge is 0.490 e. The van der Waals surface area contributed by atoms with Crippen molar-refractivity contribution in [2.24, 2.45) is 7.05 Å². The number of carbonyl (C=O) groups excluding carboxylic acids is 1. The molecule has 0 radical (unpaired) electrons. The molecule has 25 heavy (non-hydrogen) atoms. The summed E-state index contributed by atoms with van der Waals surface area (Å²) < 4.78 is 56.6. The Morgan fingerprint density at radius 1 is 1.40 bits per heavy atom. The number of nitrogens with zero attached hydrogens (tertiary/aromatic N) is 4. The van der Waals surface area contributed by atoms with Crippen LogP contribution < -0.4 is 10.1 Å². The van der Waals surface area contributed by atoms with Gasteiger partial charge in [0.05, 0.1) is 28.6 Å². The van der Waals surface area contributed by atoms with Crippen molar-refractivity contribution in [3.05, 3.63) is 27.5 Å². The van der Waals surface area contributed by atoms with E-state index in [1.165, 1.54) is 7.05 Å². The Morgan fingerprint density at radius 3 is 2.64 bits per heavy atom. The van der Waals surface area contributed by atoms with Gasteiger partial charge in [0, 0.05) is 7.05 Å². The molecular formula is C12H9Cl2F4N5O2. The number of hydrogen-bond acceptors (Lipinski definition) is 5. The van der Waals surface area contributed by atoms with E-state index in [-0.39, 0.29) is 11.0 Å². The zero-order valence-corrected chi connectivity index (χ0v) is 13.9. The Hall–Kier alpha value is -2.14. The number of aryl methyl sites for hydroxylation is 1. The van der Waals surface area contributed by atoms with Crippen LogP contribution in [0.5, 0.6) is 5.75 Å². The first-order chi connectivity index (χ1) is 11.6. The maximum Gasteiger partial charge on any atom is 0.392 e. The Kier molecular flexibility index (Phi) is 5.68. The summed E-state index contributed by atoms with van der Waals surface area (Å²) >= 11 is 11.6. The fourth-order valence-corrected chi connectivity index (χ4v) is 2.31. The molecule has 0 saturated carbocycles. The van der Waals surface area contributed by atoms with Gasteiger partial charge in [-0.1, -0.05) is 28.3 Å². The van der Waals surface area contributed by atoms with Gasteiger partial charge in [-0.25, -0.2) is 9.07 Å². The smallest absolute Gasteiger partial charge is 0.392 e. The van der Waals surface area contributed by atoms with E-state index in [9.17, 15) is 22.4 Å². The maximum atomic E-state index is 14.1. The van der Waals surface area contributed by atoms with Gasteiger partial charge >= 0.3 is 6.18 Å². The molecule has 0 spiro atoms. The number of benzene rings is 1. The van der Waals surface area contributed by atoms with Crippen molar-refractivity contribution in [1.29, 1.82) is 0 Å². The van der Waals surface area contributed by atoms with E-state index in [0.717, 1.165) is 4.68 Å². The van der Waals surface area contributed by atoms with Crippen LogP contribution in [0, 0.1) is 5.82 Å². The van der Waals surface area contributed by atoms with E-state index in [1.54, 1.807) is 0 Å². The first kappa shape index (κ1) is 19.2. The molecule has 0 bridgehead atoms. The molecule has 7 nitrogen and oxygen atoms in total. The van der Waals surface area contributed by atoms with Crippen molar-refractivity contribution in [3.8, 4) is 5.75 Å². The van der Waals surface area contributed by atoms with Gasteiger partial charge in [-0.05, 0) is 16.5 Å². The van der Waals surface area contributed by atoms with Gasteiger partial charge in [-0.15, -0.1) is 0 Å². The van der Waals surface area contributed by atoms with Gasteiger partial charge in [0.1, 0.15) is 5.82 Å². The monoisotopic (exact) mass is 401 g/mol. The molecule has 0 aliphatic carbocycles. The van der Waals surface area contributed by atoms with Gasteiger partial charge in [-0.3, -0.25) is 10.1 Å². The summed E-state index contributed by atoms with van der Waals surface area (Å²) in [6.45, 7) is -0.803. The number of carbonyl (C=O) groups is 1. The highest BCUT2D eigenvalue weighted by molar-refractivity contribution is 6.39. The fourth-order valence-electron chi connectivity index (χ4n) is 1.68. The molecule has 0 saturated heterocycles. The molecule has 2 aromatic rings. The fraction of sp³-hybridized carbons (Fsp3) is 0.333.